The molecule has 692 valence electrons. The van der Waals surface area contributed by atoms with Crippen molar-refractivity contribution in [2.24, 2.45) is 28.2 Å². The highest BCUT2D eigenvalue weighted by molar-refractivity contribution is 9.10. The number of carbonyl (C=O) groups is 5. The lowest BCUT2D eigenvalue weighted by atomic mass is 10.0. The second-order valence-electron chi connectivity index (χ2n) is 31.2. The van der Waals surface area contributed by atoms with Crippen molar-refractivity contribution >= 4 is 85.1 Å². The molecule has 0 unspecified atom stereocenters. The normalized spacial score (nSPS) is 12.1. The van der Waals surface area contributed by atoms with Gasteiger partial charge in [0.1, 0.15) is 65.0 Å². The van der Waals surface area contributed by atoms with Crippen LogP contribution >= 0.6 is 15.9 Å². The molecule has 1 saturated heterocycles. The van der Waals surface area contributed by atoms with Gasteiger partial charge in [-0.2, -0.15) is 45.8 Å². The first-order valence-corrected chi connectivity index (χ1v) is 41.9. The molecule has 17 heterocycles. The summed E-state index contributed by atoms with van der Waals surface area (Å²) in [7, 11) is 6.56. The largest absolute Gasteiger partial charge is 0.477 e. The van der Waals surface area contributed by atoms with Crippen molar-refractivity contribution in [1.29, 1.82) is 0 Å². The lowest BCUT2D eigenvalue weighted by Gasteiger charge is -2.19. The molecule has 0 saturated carbocycles. The number of nitrogen functional groups attached to an aromatic ring is 2. The lowest BCUT2D eigenvalue weighted by Crippen LogP contribution is -2.27. The van der Waals surface area contributed by atoms with Crippen LogP contribution in [0.5, 0.6) is 0 Å². The third kappa shape index (κ3) is 23.5. The number of hydrogen-bond acceptors (Lipinski definition) is 30. The fourth-order valence-electron chi connectivity index (χ4n) is 13.8. The summed E-state index contributed by atoms with van der Waals surface area (Å²) in [5, 5.41) is 74.8. The van der Waals surface area contributed by atoms with Crippen LogP contribution in [0.2, 0.25) is 0 Å². The van der Waals surface area contributed by atoms with Gasteiger partial charge < -0.3 is 36.4 Å². The number of ketones is 3. The molecule has 1 atom stereocenters. The van der Waals surface area contributed by atoms with Gasteiger partial charge in [0, 0.05) is 129 Å². The van der Waals surface area contributed by atoms with Gasteiger partial charge in [-0.05, 0) is 191 Å². The van der Waals surface area contributed by atoms with Crippen molar-refractivity contribution in [3.63, 3.8) is 0 Å². The van der Waals surface area contributed by atoms with Crippen LogP contribution in [0.25, 0.3) is 90.4 Å². The van der Waals surface area contributed by atoms with Gasteiger partial charge in [-0.3, -0.25) is 42.9 Å². The first kappa shape index (κ1) is 96.1. The molecule has 0 radical (unpaired) electrons. The first-order valence-electron chi connectivity index (χ1n) is 41.1. The maximum atomic E-state index is 14.5. The van der Waals surface area contributed by atoms with E-state index in [0.29, 0.717) is 118 Å². The molecule has 1 aliphatic heterocycles. The second kappa shape index (κ2) is 42.2. The lowest BCUT2D eigenvalue weighted by molar-refractivity contribution is -0.154. The molecule has 16 aromatic heterocycles. The fraction of sp³-hybridized carbons (Fsp3) is 0.222. The predicted octanol–water partition coefficient (Wildman–Crippen LogP) is 11.6. The minimum atomic E-state index is -1.03. The molecule has 19 rings (SSSR count). The Kier molecular flexibility index (Phi) is 30.0. The summed E-state index contributed by atoms with van der Waals surface area (Å²) in [4.78, 5) is 91.3. The summed E-state index contributed by atoms with van der Waals surface area (Å²) in [5.41, 5.74) is 22.8. The van der Waals surface area contributed by atoms with Crippen LogP contribution in [0.4, 0.5) is 39.3 Å². The molecule has 1 aliphatic rings. The number of halogens is 6. The van der Waals surface area contributed by atoms with Crippen LogP contribution < -0.4 is 16.4 Å². The molecule has 2 aromatic carbocycles. The quantitative estimate of drug-likeness (QED) is 0.0321. The Morgan fingerprint density at radius 1 is 0.519 bits per heavy atom. The number of aromatic carboxylic acids is 1. The summed E-state index contributed by atoms with van der Waals surface area (Å²) >= 11 is 3.16. The van der Waals surface area contributed by atoms with Crippen molar-refractivity contribution in [1.82, 2.24) is 133 Å². The molecule has 1 fully saturated rings. The predicted molar refractivity (Wildman–Crippen MR) is 486 cm³/mol. The molecule has 18 aromatic rings. The molecule has 0 aliphatic carbocycles. The Morgan fingerprint density at radius 2 is 1.01 bits per heavy atom. The summed E-state index contributed by atoms with van der Waals surface area (Å²) < 4.78 is 84.7. The monoisotopic (exact) mass is 1900 g/mol. The topological polar surface area (TPSA) is 493 Å². The van der Waals surface area contributed by atoms with Crippen molar-refractivity contribution in [3.05, 3.63) is 274 Å². The number of anilines is 3. The number of nitrogens with two attached hydrogens (primary N) is 2. The number of aromatic nitrogens is 27. The van der Waals surface area contributed by atoms with Gasteiger partial charge in [-0.15, -0.1) is 20.4 Å². The Hall–Kier alpha value is -16.5. The number of hydrogen-bond donors (Lipinski definition) is 5. The van der Waals surface area contributed by atoms with Gasteiger partial charge in [-0.1, -0.05) is 0 Å². The fourth-order valence-corrected chi connectivity index (χ4v) is 14.1. The van der Waals surface area contributed by atoms with Crippen molar-refractivity contribution in [2.75, 3.05) is 36.1 Å². The average molecular weight is 1910 g/mol. The number of carbonyl (C=O) groups excluding carboxylic acids is 4. The number of pyridine rings is 5. The molecule has 0 spiro atoms. The van der Waals surface area contributed by atoms with E-state index in [2.05, 4.69) is 124 Å². The number of carboxylic acid groups (broad SMARTS) is 1. The highest BCUT2D eigenvalue weighted by Crippen LogP contribution is 2.31. The van der Waals surface area contributed by atoms with Crippen LogP contribution in [-0.2, 0) is 50.6 Å². The zero-order valence-corrected chi connectivity index (χ0v) is 75.7. The Balaban J connectivity index is 0.000000135. The number of benzene rings is 2. The van der Waals surface area contributed by atoms with Gasteiger partial charge in [0.05, 0.1) is 89.4 Å². The minimum Gasteiger partial charge on any atom is -0.477 e. The molecule has 7 N–H and O–H groups in total. The zero-order valence-electron chi connectivity index (χ0n) is 74.2. The maximum absolute atomic E-state index is 14.5. The van der Waals surface area contributed by atoms with E-state index >= 15 is 0 Å². The van der Waals surface area contributed by atoms with Gasteiger partial charge >= 0.3 is 11.9 Å². The van der Waals surface area contributed by atoms with Gasteiger partial charge in [0.2, 0.25) is 22.2 Å². The third-order valence-electron chi connectivity index (χ3n) is 20.2. The third-order valence-corrected chi connectivity index (χ3v) is 20.5. The Morgan fingerprint density at radius 3 is 1.52 bits per heavy atom. The Bertz CT molecular complexity index is 7300. The van der Waals surface area contributed by atoms with E-state index in [4.69, 9.17) is 31.5 Å². The van der Waals surface area contributed by atoms with Gasteiger partial charge in [0.15, 0.2) is 51.5 Å². The number of Topliss-reactive ketones (excluding diaryl/α,β-unsaturated/α-hetero) is 3. The highest BCUT2D eigenvalue weighted by Gasteiger charge is 2.28. The van der Waals surface area contributed by atoms with Gasteiger partial charge in [-0.25, -0.2) is 69.7 Å². The van der Waals surface area contributed by atoms with Crippen LogP contribution in [-0.4, -0.2) is 209 Å². The first-order chi connectivity index (χ1) is 64.5. The van der Waals surface area contributed by atoms with Crippen molar-refractivity contribution in [3.8, 4) is 67.8 Å². The van der Waals surface area contributed by atoms with Crippen molar-refractivity contribution < 1.29 is 66.0 Å². The number of fused-ring (bicyclic) bond motifs is 4. The van der Waals surface area contributed by atoms with E-state index in [1.165, 1.54) is 112 Å². The maximum Gasteiger partial charge on any atom is 0.354 e. The number of ether oxygens (including phenoxy) is 1. The van der Waals surface area contributed by atoms with E-state index < -0.39 is 48.2 Å². The molecule has 45 heteroatoms. The van der Waals surface area contributed by atoms with E-state index in [-0.39, 0.29) is 64.3 Å². The van der Waals surface area contributed by atoms with Crippen LogP contribution in [0, 0.1) is 49.9 Å². The molecular formula is C90H86BrF5N30O9. The van der Waals surface area contributed by atoms with Gasteiger partial charge in [0.25, 0.3) is 0 Å². The number of aryl methyl sites for hydroxylation is 7. The van der Waals surface area contributed by atoms with Crippen molar-refractivity contribution in [2.45, 2.75) is 85.8 Å². The summed E-state index contributed by atoms with van der Waals surface area (Å²) in [6.45, 7) is 13.0. The zero-order chi connectivity index (χ0) is 96.8. The van der Waals surface area contributed by atoms with E-state index in [0.717, 1.165) is 47.3 Å². The molecular weight excluding hydrogens is 1820 g/mol. The summed E-state index contributed by atoms with van der Waals surface area (Å²) in [6.07, 6.45) is 20.1. The number of aliphatic hydroxyl groups is 2. The van der Waals surface area contributed by atoms with Crippen LogP contribution in [0.1, 0.15) is 111 Å². The summed E-state index contributed by atoms with van der Waals surface area (Å²) in [5.74, 6) is -2.79. The standard InChI is InChI=1S/C18H15BrFN7O.C18H17F2N3O2.C12H8F2N4.C12H13N3O2.C11H15N5.C10H10N4O2.C9H8N4O2/c1-9-6-21-10(2)23-16(9)12-7-22-26(3)17(12)14(28)4-11-5-15-24-18(19)25-27(15)8-13(11)20;1-18(2,3)25-16(24)9-12-8-15-21-17(22-23(15)10-14(12)20)11-4-6-13(19)7-5-11;13-8-3-1-7(2-4-8)12-16-11-5-10(15)9(14)6-18(11)17-12;1-8-3-4-13-10(5-8)9-6-14-15(2)12(9)11(17)7-16;1-8-3-2-5-15(8)11-13-10-7-9(12)4-6-16(10)14-11;1-14-10(9(16)6-15)7(5-12-14)8-3-2-4-11-13-8;1-13-8(9(14)15)6(5-11-13)7-3-2-4-10-12-7/h5-8H,4H2,1-3H3;4-8,10H,9H2,1-3H3;1-6H,15H2;3-6,16H,7H2,1-2H3;4,6-8H,2-3,5,12H2,1H3;2-5,15H,6H2,1H3;2-5H,1H3,(H,14,15)/t;;;;8-;;/m....0../s1. The smallest absolute Gasteiger partial charge is 0.354 e. The molecule has 39 nitrogen and oxygen atoms in total. The number of nitrogens with zero attached hydrogens (tertiary/aromatic N) is 28. The number of carboxylic acids is 1. The SMILES string of the molecule is CC(C)(C)OC(=O)Cc1cc2nc(-c3ccc(F)cc3)nn2cc1F.C[C@H]1CCCN1c1nc2cc(N)ccn2n1.Cc1ccnc(-c2cnn(C)c2C(=O)CO)c1.Cc1ncc(C)c(-c2cnn(C)c2C(=O)Cc2cc3nc(Br)nn3cc2F)n1.Cn1ncc(-c2cccnn2)c1C(=O)CO.Cn1ncc(-c2cccnn2)c1C(=O)O.Nc1cc2nc(-c3ccc(F)cc3)nn2cc1F. The number of rotatable bonds is 17. The highest BCUT2D eigenvalue weighted by atomic mass is 79.9. The minimum absolute atomic E-state index is 0.0144. The molecule has 135 heavy (non-hydrogen) atoms. The molecule has 0 amide bonds. The summed E-state index contributed by atoms with van der Waals surface area (Å²) in [6, 6.07) is 30.6. The van der Waals surface area contributed by atoms with Crippen LogP contribution in [0.15, 0.2) is 194 Å². The molecule has 0 bridgehead atoms. The average Bonchev–Trinajstić information content (AvgIpc) is 1.68. The number of aliphatic hydroxyl groups excluding tert-OH is 2. The van der Waals surface area contributed by atoms with E-state index in [1.807, 2.05) is 44.3 Å². The van der Waals surface area contributed by atoms with Crippen LogP contribution in [0.3, 0.4) is 0 Å². The number of esters is 1. The van der Waals surface area contributed by atoms with E-state index in [9.17, 15) is 45.9 Å². The Labute approximate surface area is 772 Å². The van der Waals surface area contributed by atoms with E-state index in [1.54, 1.807) is 140 Å². The second-order valence-corrected chi connectivity index (χ2v) is 32.0.